The van der Waals surface area contributed by atoms with Gasteiger partial charge in [0.15, 0.2) is 0 Å². The van der Waals surface area contributed by atoms with E-state index in [1.165, 1.54) is 4.57 Å². The van der Waals surface area contributed by atoms with E-state index >= 15 is 0 Å². The summed E-state index contributed by atoms with van der Waals surface area (Å²) in [4.78, 5) is 23.3. The molecule has 1 aromatic carbocycles. The van der Waals surface area contributed by atoms with Gasteiger partial charge in [0.1, 0.15) is 6.04 Å². The fraction of sp³-hybridized carbons (Fsp3) is 0.231. The molecule has 1 aromatic heterocycles. The van der Waals surface area contributed by atoms with Gasteiger partial charge in [0.25, 0.3) is 5.56 Å². The minimum absolute atomic E-state index is 0.269. The van der Waals surface area contributed by atoms with Crippen LogP contribution in [0, 0.1) is 0 Å². The standard InChI is InChI=1S/C13H12BrNO3/c1-2-11(13(17)18)15-6-5-8-7-9(14)3-4-10(8)12(15)16/h3-7,11H,2H2,1H3,(H,17,18). The van der Waals surface area contributed by atoms with Crippen LogP contribution in [0.4, 0.5) is 0 Å². The van der Waals surface area contributed by atoms with Crippen LogP contribution in [0.25, 0.3) is 10.8 Å². The van der Waals surface area contributed by atoms with Gasteiger partial charge in [0.05, 0.1) is 0 Å². The SMILES string of the molecule is CCC(C(=O)O)n1ccc2cc(Br)ccc2c1=O. The first-order valence-corrected chi connectivity index (χ1v) is 6.37. The summed E-state index contributed by atoms with van der Waals surface area (Å²) in [7, 11) is 0. The van der Waals surface area contributed by atoms with Gasteiger partial charge >= 0.3 is 5.97 Å². The number of carboxylic acid groups (broad SMARTS) is 1. The lowest BCUT2D eigenvalue weighted by molar-refractivity contribution is -0.141. The number of nitrogens with zero attached hydrogens (tertiary/aromatic N) is 1. The highest BCUT2D eigenvalue weighted by atomic mass is 79.9. The van der Waals surface area contributed by atoms with Crippen LogP contribution in [-0.4, -0.2) is 15.6 Å². The molecule has 0 aliphatic heterocycles. The Balaban J connectivity index is 2.68. The van der Waals surface area contributed by atoms with Gasteiger partial charge in [-0.2, -0.15) is 0 Å². The number of halogens is 1. The number of hydrogen-bond donors (Lipinski definition) is 1. The number of carbonyl (C=O) groups is 1. The second-order valence-corrected chi connectivity index (χ2v) is 4.94. The molecule has 0 spiro atoms. The minimum Gasteiger partial charge on any atom is -0.480 e. The van der Waals surface area contributed by atoms with Crippen LogP contribution in [0.5, 0.6) is 0 Å². The number of benzene rings is 1. The third-order valence-corrected chi connectivity index (χ3v) is 3.39. The average Bonchev–Trinajstić information content (AvgIpc) is 2.32. The summed E-state index contributed by atoms with van der Waals surface area (Å²) >= 11 is 3.34. The van der Waals surface area contributed by atoms with Crippen molar-refractivity contribution in [2.24, 2.45) is 0 Å². The zero-order valence-electron chi connectivity index (χ0n) is 9.76. The Hall–Kier alpha value is -1.62. The molecule has 1 N–H and O–H groups in total. The Morgan fingerprint density at radius 2 is 2.17 bits per heavy atom. The molecule has 0 radical (unpaired) electrons. The van der Waals surface area contributed by atoms with Crippen molar-refractivity contribution in [2.45, 2.75) is 19.4 Å². The highest BCUT2D eigenvalue weighted by Crippen LogP contribution is 2.18. The highest BCUT2D eigenvalue weighted by molar-refractivity contribution is 9.10. The molecule has 0 fully saturated rings. The zero-order valence-corrected chi connectivity index (χ0v) is 11.3. The number of rotatable bonds is 3. The lowest BCUT2D eigenvalue weighted by Gasteiger charge is -2.14. The molecule has 2 aromatic rings. The lowest BCUT2D eigenvalue weighted by Crippen LogP contribution is -2.29. The molecular weight excluding hydrogens is 298 g/mol. The molecule has 0 aliphatic carbocycles. The maximum atomic E-state index is 12.2. The van der Waals surface area contributed by atoms with Crippen LogP contribution >= 0.6 is 15.9 Å². The molecule has 18 heavy (non-hydrogen) atoms. The number of fused-ring (bicyclic) bond motifs is 1. The van der Waals surface area contributed by atoms with Gasteiger partial charge in [0, 0.05) is 16.1 Å². The number of aromatic nitrogens is 1. The Morgan fingerprint density at radius 1 is 1.44 bits per heavy atom. The fourth-order valence-electron chi connectivity index (χ4n) is 1.97. The number of hydrogen-bond acceptors (Lipinski definition) is 2. The number of aliphatic carboxylic acids is 1. The van der Waals surface area contributed by atoms with Crippen molar-refractivity contribution in [3.8, 4) is 0 Å². The first kappa shape index (κ1) is 12.8. The molecular formula is C13H12BrNO3. The van der Waals surface area contributed by atoms with E-state index in [1.54, 1.807) is 31.3 Å². The monoisotopic (exact) mass is 309 g/mol. The summed E-state index contributed by atoms with van der Waals surface area (Å²) in [5, 5.41) is 10.4. The van der Waals surface area contributed by atoms with E-state index in [2.05, 4.69) is 15.9 Å². The fourth-order valence-corrected chi connectivity index (χ4v) is 2.35. The van der Waals surface area contributed by atoms with Crippen molar-refractivity contribution in [3.05, 3.63) is 45.3 Å². The summed E-state index contributed by atoms with van der Waals surface area (Å²) in [5.74, 6) is -0.990. The minimum atomic E-state index is -0.990. The van der Waals surface area contributed by atoms with E-state index in [9.17, 15) is 9.59 Å². The Kier molecular flexibility index (Phi) is 3.52. The summed E-state index contributed by atoms with van der Waals surface area (Å²) < 4.78 is 2.16. The first-order valence-electron chi connectivity index (χ1n) is 5.57. The highest BCUT2D eigenvalue weighted by Gasteiger charge is 2.18. The summed E-state index contributed by atoms with van der Waals surface area (Å²) in [6, 6.07) is 6.25. The predicted molar refractivity (Wildman–Crippen MR) is 72.9 cm³/mol. The quantitative estimate of drug-likeness (QED) is 0.948. The normalized spacial score (nSPS) is 12.6. The molecule has 5 heteroatoms. The average molecular weight is 310 g/mol. The number of carboxylic acids is 1. The van der Waals surface area contributed by atoms with Crippen molar-refractivity contribution < 1.29 is 9.90 Å². The molecule has 0 bridgehead atoms. The van der Waals surface area contributed by atoms with Crippen molar-refractivity contribution in [1.29, 1.82) is 0 Å². The van der Waals surface area contributed by atoms with E-state index in [-0.39, 0.29) is 5.56 Å². The van der Waals surface area contributed by atoms with Crippen LogP contribution in [0.15, 0.2) is 39.7 Å². The molecule has 1 atom stereocenters. The maximum absolute atomic E-state index is 12.2. The molecule has 0 saturated heterocycles. The number of pyridine rings is 1. The van der Waals surface area contributed by atoms with Gasteiger partial charge in [-0.05, 0) is 36.1 Å². The summed E-state index contributed by atoms with van der Waals surface area (Å²) in [5.41, 5.74) is -0.269. The molecule has 0 saturated carbocycles. The predicted octanol–water partition coefficient (Wildman–Crippen LogP) is 2.80. The topological polar surface area (TPSA) is 59.3 Å². The van der Waals surface area contributed by atoms with Crippen molar-refractivity contribution in [3.63, 3.8) is 0 Å². The Labute approximate surface area is 112 Å². The van der Waals surface area contributed by atoms with Gasteiger partial charge in [-0.3, -0.25) is 4.79 Å². The summed E-state index contributed by atoms with van der Waals surface area (Å²) in [6.45, 7) is 1.75. The molecule has 0 aliphatic rings. The third kappa shape index (κ3) is 2.18. The molecule has 1 heterocycles. The van der Waals surface area contributed by atoms with Crippen molar-refractivity contribution in [2.75, 3.05) is 0 Å². The van der Waals surface area contributed by atoms with Gasteiger partial charge in [-0.15, -0.1) is 0 Å². The molecule has 4 nitrogen and oxygen atoms in total. The van der Waals surface area contributed by atoms with Gasteiger partial charge in [-0.1, -0.05) is 22.9 Å². The largest absolute Gasteiger partial charge is 0.480 e. The van der Waals surface area contributed by atoms with Crippen molar-refractivity contribution >= 4 is 32.7 Å². The lowest BCUT2D eigenvalue weighted by atomic mass is 10.1. The van der Waals surface area contributed by atoms with Gasteiger partial charge < -0.3 is 9.67 Å². The van der Waals surface area contributed by atoms with Crippen LogP contribution in [-0.2, 0) is 4.79 Å². The molecule has 94 valence electrons. The second-order valence-electron chi connectivity index (χ2n) is 4.02. The Morgan fingerprint density at radius 3 is 2.78 bits per heavy atom. The van der Waals surface area contributed by atoms with E-state index < -0.39 is 12.0 Å². The van der Waals surface area contributed by atoms with Gasteiger partial charge in [-0.25, -0.2) is 4.79 Å². The maximum Gasteiger partial charge on any atom is 0.326 e. The van der Waals surface area contributed by atoms with E-state index in [0.717, 1.165) is 9.86 Å². The van der Waals surface area contributed by atoms with Crippen LogP contribution in [0.2, 0.25) is 0 Å². The van der Waals surface area contributed by atoms with Crippen molar-refractivity contribution in [1.82, 2.24) is 4.57 Å². The van der Waals surface area contributed by atoms with E-state index in [0.29, 0.717) is 11.8 Å². The zero-order chi connectivity index (χ0) is 13.3. The molecule has 2 rings (SSSR count). The van der Waals surface area contributed by atoms with Crippen LogP contribution in [0.3, 0.4) is 0 Å². The first-order chi connectivity index (χ1) is 8.54. The van der Waals surface area contributed by atoms with E-state index in [1.807, 2.05) is 6.07 Å². The van der Waals surface area contributed by atoms with Crippen LogP contribution < -0.4 is 5.56 Å². The second kappa shape index (κ2) is 4.94. The smallest absolute Gasteiger partial charge is 0.326 e. The van der Waals surface area contributed by atoms with Crippen LogP contribution in [0.1, 0.15) is 19.4 Å². The van der Waals surface area contributed by atoms with Gasteiger partial charge in [0.2, 0.25) is 0 Å². The van der Waals surface area contributed by atoms with E-state index in [4.69, 9.17) is 5.11 Å². The third-order valence-electron chi connectivity index (χ3n) is 2.90. The molecule has 0 amide bonds. The summed E-state index contributed by atoms with van der Waals surface area (Å²) in [6.07, 6.45) is 1.91. The molecule has 1 unspecified atom stereocenters. The Bertz CT molecular complexity index is 663.